The first kappa shape index (κ1) is 14.9. The van der Waals surface area contributed by atoms with Crippen LogP contribution in [0.1, 0.15) is 43.4 Å². The Morgan fingerprint density at radius 2 is 2.00 bits per heavy atom. The van der Waals surface area contributed by atoms with E-state index in [0.29, 0.717) is 12.0 Å². The van der Waals surface area contributed by atoms with Crippen molar-refractivity contribution in [2.45, 2.75) is 34.1 Å². The Kier molecular flexibility index (Phi) is 4.09. The molecule has 0 aliphatic carbocycles. The predicted octanol–water partition coefficient (Wildman–Crippen LogP) is 3.96. The van der Waals surface area contributed by atoms with Crippen molar-refractivity contribution in [3.05, 3.63) is 40.4 Å². The van der Waals surface area contributed by atoms with Gasteiger partial charge in [-0.1, -0.05) is 36.7 Å². The first-order valence-electron chi connectivity index (χ1n) is 6.47. The third kappa shape index (κ3) is 3.54. The van der Waals surface area contributed by atoms with Crippen LogP contribution in [0, 0.1) is 12.3 Å². The Balaban J connectivity index is 2.40. The SMILES string of the molecule is Cc1nncn1-c1cc(Br)cc(C(=O)CC(C)(C)C)c1. The molecule has 1 aromatic heterocycles. The van der Waals surface area contributed by atoms with Gasteiger partial charge in [-0.25, -0.2) is 0 Å². The Hall–Kier alpha value is -1.49. The van der Waals surface area contributed by atoms with E-state index in [4.69, 9.17) is 0 Å². The van der Waals surface area contributed by atoms with Crippen molar-refractivity contribution in [1.29, 1.82) is 0 Å². The van der Waals surface area contributed by atoms with Crippen LogP contribution in [0.3, 0.4) is 0 Å². The molecule has 0 aliphatic heterocycles. The molecule has 2 aromatic rings. The number of Topliss-reactive ketones (excluding diaryl/α,β-unsaturated/α-hetero) is 1. The molecule has 0 aliphatic rings. The smallest absolute Gasteiger partial charge is 0.163 e. The Morgan fingerprint density at radius 3 is 2.55 bits per heavy atom. The summed E-state index contributed by atoms with van der Waals surface area (Å²) >= 11 is 3.46. The van der Waals surface area contributed by atoms with E-state index in [1.807, 2.05) is 29.7 Å². The van der Waals surface area contributed by atoms with Crippen molar-refractivity contribution < 1.29 is 4.79 Å². The molecule has 0 N–H and O–H groups in total. The molecule has 0 saturated carbocycles. The minimum absolute atomic E-state index is 0.0218. The van der Waals surface area contributed by atoms with Crippen LogP contribution in [0.2, 0.25) is 0 Å². The summed E-state index contributed by atoms with van der Waals surface area (Å²) in [6.45, 7) is 8.07. The fourth-order valence-electron chi connectivity index (χ4n) is 2.00. The topological polar surface area (TPSA) is 47.8 Å². The molecule has 2 rings (SSSR count). The summed E-state index contributed by atoms with van der Waals surface area (Å²) in [6.07, 6.45) is 2.17. The second-order valence-electron chi connectivity index (χ2n) is 6.11. The highest BCUT2D eigenvalue weighted by Crippen LogP contribution is 2.25. The Bertz CT molecular complexity index is 641. The third-order valence-electron chi connectivity index (χ3n) is 2.89. The second kappa shape index (κ2) is 5.48. The summed E-state index contributed by atoms with van der Waals surface area (Å²) in [7, 11) is 0. The molecule has 0 spiro atoms. The van der Waals surface area contributed by atoms with E-state index in [9.17, 15) is 4.79 Å². The maximum absolute atomic E-state index is 12.4. The molecule has 1 aromatic carbocycles. The van der Waals surface area contributed by atoms with E-state index in [1.54, 1.807) is 6.33 Å². The lowest BCUT2D eigenvalue weighted by molar-refractivity contribution is 0.0940. The number of hydrogen-bond donors (Lipinski definition) is 0. The van der Waals surface area contributed by atoms with Gasteiger partial charge in [0.15, 0.2) is 5.78 Å². The number of aryl methyl sites for hydroxylation is 1. The van der Waals surface area contributed by atoms with Gasteiger partial charge in [-0.15, -0.1) is 10.2 Å². The van der Waals surface area contributed by atoms with Crippen LogP contribution in [0.5, 0.6) is 0 Å². The minimum atomic E-state index is -0.0218. The van der Waals surface area contributed by atoms with Crippen molar-refractivity contribution in [3.8, 4) is 5.69 Å². The van der Waals surface area contributed by atoms with E-state index in [0.717, 1.165) is 16.0 Å². The Morgan fingerprint density at radius 1 is 1.30 bits per heavy atom. The van der Waals surface area contributed by atoms with Gasteiger partial charge < -0.3 is 0 Å². The largest absolute Gasteiger partial charge is 0.294 e. The highest BCUT2D eigenvalue weighted by Gasteiger charge is 2.18. The van der Waals surface area contributed by atoms with E-state index in [2.05, 4.69) is 46.9 Å². The summed E-state index contributed by atoms with van der Waals surface area (Å²) in [6, 6.07) is 5.69. The Labute approximate surface area is 127 Å². The molecular formula is C15H18BrN3O. The number of nitrogens with zero attached hydrogens (tertiary/aromatic N) is 3. The first-order chi connectivity index (χ1) is 9.26. The molecule has 0 unspecified atom stereocenters. The van der Waals surface area contributed by atoms with Gasteiger partial charge in [0.25, 0.3) is 0 Å². The molecule has 106 valence electrons. The number of carbonyl (C=O) groups excluding carboxylic acids is 1. The average molecular weight is 336 g/mol. The first-order valence-corrected chi connectivity index (χ1v) is 7.26. The second-order valence-corrected chi connectivity index (χ2v) is 7.02. The van der Waals surface area contributed by atoms with Gasteiger partial charge in [0.1, 0.15) is 12.2 Å². The molecule has 1 heterocycles. The lowest BCUT2D eigenvalue weighted by atomic mass is 9.88. The molecule has 4 nitrogen and oxygen atoms in total. The summed E-state index contributed by atoms with van der Waals surface area (Å²) in [5, 5.41) is 7.84. The van der Waals surface area contributed by atoms with Crippen LogP contribution in [-0.2, 0) is 0 Å². The van der Waals surface area contributed by atoms with Crippen LogP contribution in [-0.4, -0.2) is 20.5 Å². The third-order valence-corrected chi connectivity index (χ3v) is 3.35. The highest BCUT2D eigenvalue weighted by atomic mass is 79.9. The van der Waals surface area contributed by atoms with E-state index >= 15 is 0 Å². The molecule has 0 fully saturated rings. The number of benzene rings is 1. The van der Waals surface area contributed by atoms with Gasteiger partial charge in [-0.2, -0.15) is 0 Å². The molecule has 0 saturated heterocycles. The number of rotatable bonds is 3. The molecule has 0 atom stereocenters. The monoisotopic (exact) mass is 335 g/mol. The minimum Gasteiger partial charge on any atom is -0.294 e. The summed E-state index contributed by atoms with van der Waals surface area (Å²) in [5.74, 6) is 0.933. The van der Waals surface area contributed by atoms with Gasteiger partial charge in [0, 0.05) is 16.5 Å². The van der Waals surface area contributed by atoms with Gasteiger partial charge in [-0.3, -0.25) is 9.36 Å². The average Bonchev–Trinajstić information content (AvgIpc) is 2.72. The number of aromatic nitrogens is 3. The van der Waals surface area contributed by atoms with Crippen molar-refractivity contribution in [1.82, 2.24) is 14.8 Å². The van der Waals surface area contributed by atoms with Crippen LogP contribution in [0.25, 0.3) is 5.69 Å². The predicted molar refractivity (Wildman–Crippen MR) is 82.2 cm³/mol. The molecule has 5 heteroatoms. The van der Waals surface area contributed by atoms with Crippen LogP contribution >= 0.6 is 15.9 Å². The maximum atomic E-state index is 12.4. The van der Waals surface area contributed by atoms with E-state index < -0.39 is 0 Å². The zero-order valence-corrected chi connectivity index (χ0v) is 13.7. The maximum Gasteiger partial charge on any atom is 0.163 e. The van der Waals surface area contributed by atoms with E-state index in [-0.39, 0.29) is 11.2 Å². The van der Waals surface area contributed by atoms with Gasteiger partial charge in [0.2, 0.25) is 0 Å². The zero-order chi connectivity index (χ0) is 14.9. The van der Waals surface area contributed by atoms with Crippen molar-refractivity contribution in [3.63, 3.8) is 0 Å². The quantitative estimate of drug-likeness (QED) is 0.797. The number of halogens is 1. The highest BCUT2D eigenvalue weighted by molar-refractivity contribution is 9.10. The van der Waals surface area contributed by atoms with Crippen LogP contribution in [0.15, 0.2) is 29.0 Å². The summed E-state index contributed by atoms with van der Waals surface area (Å²) < 4.78 is 2.74. The fourth-order valence-corrected chi connectivity index (χ4v) is 2.49. The van der Waals surface area contributed by atoms with Crippen molar-refractivity contribution in [2.75, 3.05) is 0 Å². The van der Waals surface area contributed by atoms with Crippen molar-refractivity contribution >= 4 is 21.7 Å². The summed E-state index contributed by atoms with van der Waals surface area (Å²) in [5.41, 5.74) is 1.57. The molecular weight excluding hydrogens is 318 g/mol. The zero-order valence-electron chi connectivity index (χ0n) is 12.1. The molecule has 20 heavy (non-hydrogen) atoms. The lowest BCUT2D eigenvalue weighted by Crippen LogP contribution is -2.13. The van der Waals surface area contributed by atoms with Gasteiger partial charge in [-0.05, 0) is 30.5 Å². The molecule has 0 radical (unpaired) electrons. The van der Waals surface area contributed by atoms with Crippen LogP contribution in [0.4, 0.5) is 0 Å². The number of carbonyl (C=O) groups is 1. The fraction of sp³-hybridized carbons (Fsp3) is 0.400. The van der Waals surface area contributed by atoms with E-state index in [1.165, 1.54) is 0 Å². The summed E-state index contributed by atoms with van der Waals surface area (Å²) in [4.78, 5) is 12.4. The lowest BCUT2D eigenvalue weighted by Gasteiger charge is -2.17. The van der Waals surface area contributed by atoms with Gasteiger partial charge >= 0.3 is 0 Å². The normalized spacial score (nSPS) is 11.7. The molecule has 0 amide bonds. The van der Waals surface area contributed by atoms with Gasteiger partial charge in [0.05, 0.1) is 5.69 Å². The van der Waals surface area contributed by atoms with Crippen LogP contribution < -0.4 is 0 Å². The number of ketones is 1. The number of hydrogen-bond acceptors (Lipinski definition) is 3. The molecule has 0 bridgehead atoms. The van der Waals surface area contributed by atoms with Crippen molar-refractivity contribution in [2.24, 2.45) is 5.41 Å². The standard InChI is InChI=1S/C15H18BrN3O/c1-10-18-17-9-19(10)13-6-11(5-12(16)7-13)14(20)8-15(2,3)4/h5-7,9H,8H2,1-4H3.